The normalized spacial score (nSPS) is 19.3. The fourth-order valence-electron chi connectivity index (χ4n) is 7.00. The first-order valence-corrected chi connectivity index (χ1v) is 19.1. The number of allylic oxidation sites excluding steroid dienone is 2. The number of carboxylic acids is 1. The minimum atomic E-state index is -3.78. The van der Waals surface area contributed by atoms with Gasteiger partial charge in [-0.15, -0.1) is 0 Å². The molecule has 0 bridgehead atoms. The van der Waals surface area contributed by atoms with E-state index < -0.39 is 47.4 Å². The third-order valence-electron chi connectivity index (χ3n) is 9.96. The van der Waals surface area contributed by atoms with Crippen LogP contribution in [-0.4, -0.2) is 65.8 Å². The van der Waals surface area contributed by atoms with Crippen LogP contribution in [0.1, 0.15) is 75.0 Å². The quantitative estimate of drug-likeness (QED) is 0.195. The highest BCUT2D eigenvalue weighted by Gasteiger charge is 2.28. The number of benzene rings is 2. The number of hydrogen-bond donors (Lipinski definition) is 3. The minimum absolute atomic E-state index is 0.0000250. The zero-order chi connectivity index (χ0) is 35.5. The third kappa shape index (κ3) is 10.8. The molecule has 1 heterocycles. The van der Waals surface area contributed by atoms with Gasteiger partial charge in [-0.25, -0.2) is 23.1 Å². The van der Waals surface area contributed by atoms with Crippen molar-refractivity contribution in [1.82, 2.24) is 24.9 Å². The molecule has 2 aliphatic carbocycles. The van der Waals surface area contributed by atoms with Crippen molar-refractivity contribution in [2.24, 2.45) is 17.8 Å². The smallest absolute Gasteiger partial charge is 0.323 e. The average Bonchev–Trinajstić information content (AvgIpc) is 3.13. The monoisotopic (exact) mass is 701 g/mol. The van der Waals surface area contributed by atoms with Crippen LogP contribution in [-0.2, 0) is 36.7 Å². The highest BCUT2D eigenvalue weighted by Crippen LogP contribution is 2.41. The Morgan fingerprint density at radius 3 is 2.18 bits per heavy atom. The van der Waals surface area contributed by atoms with Crippen molar-refractivity contribution in [2.45, 2.75) is 70.6 Å². The third-order valence-corrected chi connectivity index (χ3v) is 11.3. The number of aromatic nitrogens is 2. The maximum Gasteiger partial charge on any atom is 0.323 e. The van der Waals surface area contributed by atoms with Gasteiger partial charge in [0.1, 0.15) is 6.54 Å². The van der Waals surface area contributed by atoms with Gasteiger partial charge in [0.15, 0.2) is 5.82 Å². The Hall–Kier alpha value is -4.42. The molecule has 0 aliphatic heterocycles. The molecule has 11 nitrogen and oxygen atoms in total. The Balaban J connectivity index is 1.10. The van der Waals surface area contributed by atoms with E-state index in [0.29, 0.717) is 17.0 Å². The summed E-state index contributed by atoms with van der Waals surface area (Å²) < 4.78 is 26.8. The predicted molar refractivity (Wildman–Crippen MR) is 192 cm³/mol. The van der Waals surface area contributed by atoms with Crippen LogP contribution in [0.2, 0.25) is 0 Å². The van der Waals surface area contributed by atoms with Crippen LogP contribution >= 0.6 is 0 Å². The Morgan fingerprint density at radius 2 is 1.56 bits per heavy atom. The van der Waals surface area contributed by atoms with Crippen molar-refractivity contribution in [3.63, 3.8) is 0 Å². The number of amides is 2. The number of nitrogens with zero attached hydrogens (tertiary/aromatic N) is 3. The second-order valence-electron chi connectivity index (χ2n) is 13.4. The number of aliphatic carboxylic acids is 1. The van der Waals surface area contributed by atoms with Gasteiger partial charge >= 0.3 is 5.97 Å². The van der Waals surface area contributed by atoms with Gasteiger partial charge in [-0.05, 0) is 66.6 Å². The van der Waals surface area contributed by atoms with Crippen LogP contribution in [0.25, 0.3) is 17.0 Å². The van der Waals surface area contributed by atoms with Gasteiger partial charge in [0, 0.05) is 30.1 Å². The molecule has 0 saturated heterocycles. The van der Waals surface area contributed by atoms with Crippen molar-refractivity contribution in [1.29, 1.82) is 0 Å². The van der Waals surface area contributed by atoms with E-state index >= 15 is 0 Å². The maximum absolute atomic E-state index is 12.9. The molecule has 50 heavy (non-hydrogen) atoms. The Labute approximate surface area is 294 Å². The lowest BCUT2D eigenvalue weighted by Gasteiger charge is -2.35. The molecule has 1 unspecified atom stereocenters. The number of hydrogen-bond acceptors (Lipinski definition) is 7. The van der Waals surface area contributed by atoms with Crippen molar-refractivity contribution in [3.05, 3.63) is 89.8 Å². The van der Waals surface area contributed by atoms with Gasteiger partial charge in [-0.2, -0.15) is 0 Å². The molecule has 2 aromatic carbocycles. The van der Waals surface area contributed by atoms with E-state index in [1.165, 1.54) is 44.1 Å². The Kier molecular flexibility index (Phi) is 12.9. The van der Waals surface area contributed by atoms with Crippen molar-refractivity contribution >= 4 is 33.4 Å². The van der Waals surface area contributed by atoms with E-state index in [4.69, 9.17) is 0 Å². The summed E-state index contributed by atoms with van der Waals surface area (Å²) in [5, 5.41) is 11.8. The van der Waals surface area contributed by atoms with E-state index in [9.17, 15) is 27.9 Å². The van der Waals surface area contributed by atoms with Crippen LogP contribution < -0.4 is 10.0 Å². The van der Waals surface area contributed by atoms with Crippen LogP contribution in [0.15, 0.2) is 73.1 Å². The Bertz CT molecular complexity index is 1740. The largest absolute Gasteiger partial charge is 0.480 e. The second kappa shape index (κ2) is 17.5. The standard InChI is InChI=1S/C38H47N5O6S/c1-2-27-8-12-30(13-9-27)31-16-18-32(19-17-31)34-20-40-38(41-21-34)33-14-10-28(11-15-33)24-43(25-37(46)47)36(45)23-39-35(44)22-42-50(48,49)26-29-6-4-3-5-7-29/h3-7,10-11,14-15,18,20-21,27,30-31,42H,2,8-9,12-13,16-17,19,22-26H2,1H3,(H,39,44)(H,46,47). The van der Waals surface area contributed by atoms with Crippen LogP contribution in [0.4, 0.5) is 0 Å². The van der Waals surface area contributed by atoms with Crippen molar-refractivity contribution in [3.8, 4) is 11.4 Å². The Morgan fingerprint density at radius 1 is 0.860 bits per heavy atom. The molecule has 5 rings (SSSR count). The number of carboxylic acid groups (broad SMARTS) is 1. The fourth-order valence-corrected chi connectivity index (χ4v) is 8.08. The molecule has 1 atom stereocenters. The average molecular weight is 702 g/mol. The molecule has 0 spiro atoms. The van der Waals surface area contributed by atoms with Crippen LogP contribution in [0.3, 0.4) is 0 Å². The highest BCUT2D eigenvalue weighted by molar-refractivity contribution is 7.88. The van der Waals surface area contributed by atoms with Gasteiger partial charge < -0.3 is 15.3 Å². The molecular weight excluding hydrogens is 655 g/mol. The number of rotatable bonds is 15. The molecule has 1 fully saturated rings. The van der Waals surface area contributed by atoms with Gasteiger partial charge in [-0.1, -0.05) is 86.9 Å². The molecule has 12 heteroatoms. The SMILES string of the molecule is CCC1CCC(C2CC=C(c3cnc(-c4ccc(CN(CC(=O)O)C(=O)CNC(=O)CNS(=O)(=O)Cc5ccccc5)cc4)nc3)CC2)CC1. The second-order valence-corrected chi connectivity index (χ2v) is 15.2. The summed E-state index contributed by atoms with van der Waals surface area (Å²) in [6.07, 6.45) is 16.4. The summed E-state index contributed by atoms with van der Waals surface area (Å²) in [7, 11) is -3.78. The summed E-state index contributed by atoms with van der Waals surface area (Å²) in [6, 6.07) is 15.8. The highest BCUT2D eigenvalue weighted by atomic mass is 32.2. The van der Waals surface area contributed by atoms with Crippen LogP contribution in [0, 0.1) is 17.8 Å². The number of carbonyl (C=O) groups excluding carboxylic acids is 2. The lowest BCUT2D eigenvalue weighted by atomic mass is 9.71. The molecular formula is C38H47N5O6S. The zero-order valence-corrected chi connectivity index (χ0v) is 29.4. The summed E-state index contributed by atoms with van der Waals surface area (Å²) >= 11 is 0. The van der Waals surface area contributed by atoms with Crippen molar-refractivity contribution in [2.75, 3.05) is 19.6 Å². The number of nitrogens with one attached hydrogen (secondary N) is 2. The summed E-state index contributed by atoms with van der Waals surface area (Å²) in [4.78, 5) is 47.0. The van der Waals surface area contributed by atoms with Gasteiger partial charge in [0.2, 0.25) is 21.8 Å². The predicted octanol–water partition coefficient (Wildman–Crippen LogP) is 5.19. The van der Waals surface area contributed by atoms with E-state index in [2.05, 4.69) is 33.0 Å². The molecule has 3 N–H and O–H groups in total. The maximum atomic E-state index is 12.9. The van der Waals surface area contributed by atoms with E-state index in [1.807, 2.05) is 24.5 Å². The first kappa shape index (κ1) is 36.9. The topological polar surface area (TPSA) is 159 Å². The van der Waals surface area contributed by atoms with Crippen LogP contribution in [0.5, 0.6) is 0 Å². The molecule has 2 amide bonds. The minimum Gasteiger partial charge on any atom is -0.480 e. The first-order chi connectivity index (χ1) is 24.1. The fraction of sp³-hybridized carbons (Fsp3) is 0.447. The van der Waals surface area contributed by atoms with E-state index in [-0.39, 0.29) is 12.3 Å². The molecule has 1 aromatic heterocycles. The summed E-state index contributed by atoms with van der Waals surface area (Å²) in [5.41, 5.74) is 4.41. The number of carbonyl (C=O) groups is 3. The molecule has 1 saturated carbocycles. The molecule has 266 valence electrons. The molecule has 3 aromatic rings. The van der Waals surface area contributed by atoms with Gasteiger partial charge in [-0.3, -0.25) is 14.4 Å². The summed E-state index contributed by atoms with van der Waals surface area (Å²) in [6.45, 7) is 0.709. The number of sulfonamides is 1. The first-order valence-electron chi connectivity index (χ1n) is 17.5. The molecule has 0 radical (unpaired) electrons. The van der Waals surface area contributed by atoms with E-state index in [0.717, 1.165) is 46.6 Å². The lowest BCUT2D eigenvalue weighted by molar-refractivity contribution is -0.144. The van der Waals surface area contributed by atoms with E-state index in [1.54, 1.807) is 42.5 Å². The molecule has 2 aliphatic rings. The van der Waals surface area contributed by atoms with Gasteiger partial charge in [0.25, 0.3) is 0 Å². The van der Waals surface area contributed by atoms with Crippen molar-refractivity contribution < 1.29 is 27.9 Å². The lowest BCUT2D eigenvalue weighted by Crippen LogP contribution is -2.44. The van der Waals surface area contributed by atoms with Gasteiger partial charge in [0.05, 0.1) is 18.8 Å². The summed E-state index contributed by atoms with van der Waals surface area (Å²) in [5.74, 6) is 0.312. The zero-order valence-electron chi connectivity index (χ0n) is 28.6.